The summed E-state index contributed by atoms with van der Waals surface area (Å²) >= 11 is 2.30. The zero-order valence-electron chi connectivity index (χ0n) is 9.98. The SMILES string of the molecule is CCN(CC)CCSC1C2CC3C(C2)C31. The van der Waals surface area contributed by atoms with Crippen LogP contribution < -0.4 is 0 Å². The first-order valence-electron chi connectivity index (χ1n) is 6.69. The van der Waals surface area contributed by atoms with Crippen molar-refractivity contribution in [1.29, 1.82) is 0 Å². The molecule has 0 aromatic carbocycles. The van der Waals surface area contributed by atoms with Crippen LogP contribution in [0.3, 0.4) is 0 Å². The van der Waals surface area contributed by atoms with Crippen molar-refractivity contribution >= 4 is 11.8 Å². The van der Waals surface area contributed by atoms with Crippen LogP contribution in [-0.4, -0.2) is 35.5 Å². The van der Waals surface area contributed by atoms with Gasteiger partial charge in [0.2, 0.25) is 0 Å². The molecule has 0 radical (unpaired) electrons. The molecule has 86 valence electrons. The number of hydrogen-bond acceptors (Lipinski definition) is 2. The summed E-state index contributed by atoms with van der Waals surface area (Å²) in [6.45, 7) is 8.30. The van der Waals surface area contributed by atoms with Gasteiger partial charge in [-0.2, -0.15) is 11.8 Å². The van der Waals surface area contributed by atoms with Gasteiger partial charge in [-0.25, -0.2) is 0 Å². The first kappa shape index (κ1) is 10.5. The lowest BCUT2D eigenvalue weighted by atomic mass is 10.1. The van der Waals surface area contributed by atoms with Gasteiger partial charge in [0.05, 0.1) is 0 Å². The Morgan fingerprint density at radius 3 is 2.27 bits per heavy atom. The topological polar surface area (TPSA) is 3.24 Å². The molecule has 4 rings (SSSR count). The van der Waals surface area contributed by atoms with Crippen molar-refractivity contribution in [2.75, 3.05) is 25.4 Å². The molecule has 4 saturated carbocycles. The largest absolute Gasteiger partial charge is 0.303 e. The third-order valence-corrected chi connectivity index (χ3v) is 6.51. The summed E-state index contributed by atoms with van der Waals surface area (Å²) in [4.78, 5) is 2.55. The number of nitrogens with zero attached hydrogens (tertiary/aromatic N) is 1. The molecule has 2 heteroatoms. The van der Waals surface area contributed by atoms with Crippen molar-refractivity contribution in [2.24, 2.45) is 23.7 Å². The summed E-state index contributed by atoms with van der Waals surface area (Å²) in [7, 11) is 0. The van der Waals surface area contributed by atoms with Crippen molar-refractivity contribution in [3.05, 3.63) is 0 Å². The smallest absolute Gasteiger partial charge is 0.0110 e. The highest BCUT2D eigenvalue weighted by Crippen LogP contribution is 2.73. The Hall–Kier alpha value is 0.310. The van der Waals surface area contributed by atoms with E-state index < -0.39 is 0 Å². The number of hydrogen-bond donors (Lipinski definition) is 0. The second-order valence-electron chi connectivity index (χ2n) is 5.50. The quantitative estimate of drug-likeness (QED) is 0.684. The maximum Gasteiger partial charge on any atom is 0.0110 e. The summed E-state index contributed by atoms with van der Waals surface area (Å²) in [5.74, 6) is 6.07. The van der Waals surface area contributed by atoms with Crippen molar-refractivity contribution in [3.8, 4) is 0 Å². The summed E-state index contributed by atoms with van der Waals surface area (Å²) in [5, 5.41) is 1.08. The van der Waals surface area contributed by atoms with Gasteiger partial charge in [-0.15, -0.1) is 0 Å². The van der Waals surface area contributed by atoms with Crippen LogP contribution in [0.1, 0.15) is 26.7 Å². The van der Waals surface area contributed by atoms with Crippen LogP contribution in [0.15, 0.2) is 0 Å². The summed E-state index contributed by atoms with van der Waals surface area (Å²) in [6, 6.07) is 0. The van der Waals surface area contributed by atoms with Crippen LogP contribution in [0.25, 0.3) is 0 Å². The number of rotatable bonds is 6. The molecule has 15 heavy (non-hydrogen) atoms. The van der Waals surface area contributed by atoms with Crippen LogP contribution in [0, 0.1) is 23.7 Å². The van der Waals surface area contributed by atoms with E-state index in [9.17, 15) is 0 Å². The summed E-state index contributed by atoms with van der Waals surface area (Å²) < 4.78 is 0. The molecule has 0 spiro atoms. The zero-order chi connectivity index (χ0) is 10.4. The summed E-state index contributed by atoms with van der Waals surface area (Å²) in [6.07, 6.45) is 3.19. The fourth-order valence-electron chi connectivity index (χ4n) is 4.11. The van der Waals surface area contributed by atoms with E-state index in [0.717, 1.165) is 11.2 Å². The van der Waals surface area contributed by atoms with Crippen molar-refractivity contribution in [1.82, 2.24) is 4.90 Å². The van der Waals surface area contributed by atoms with Gasteiger partial charge in [-0.05, 0) is 49.6 Å². The van der Waals surface area contributed by atoms with Gasteiger partial charge in [0.15, 0.2) is 0 Å². The molecular weight excluding hydrogens is 202 g/mol. The Labute approximate surface area is 98.0 Å². The fourth-order valence-corrected chi connectivity index (χ4v) is 5.86. The highest BCUT2D eigenvalue weighted by Gasteiger charge is 2.68. The zero-order valence-corrected chi connectivity index (χ0v) is 10.8. The lowest BCUT2D eigenvalue weighted by Gasteiger charge is -2.20. The molecule has 4 aliphatic carbocycles. The molecular formula is C13H23NS. The van der Waals surface area contributed by atoms with Crippen molar-refractivity contribution in [3.63, 3.8) is 0 Å². The van der Waals surface area contributed by atoms with E-state index in [2.05, 4.69) is 30.5 Å². The molecule has 0 aromatic rings. The van der Waals surface area contributed by atoms with E-state index >= 15 is 0 Å². The van der Waals surface area contributed by atoms with Gasteiger partial charge in [-0.3, -0.25) is 0 Å². The minimum Gasteiger partial charge on any atom is -0.303 e. The molecule has 0 amide bonds. The predicted octanol–water partition coefficient (Wildman–Crippen LogP) is 2.72. The Morgan fingerprint density at radius 2 is 1.80 bits per heavy atom. The van der Waals surface area contributed by atoms with Gasteiger partial charge < -0.3 is 4.90 Å². The minimum absolute atomic E-state index is 1.08. The Balaban J connectivity index is 1.40. The van der Waals surface area contributed by atoms with E-state index in [4.69, 9.17) is 0 Å². The van der Waals surface area contributed by atoms with Crippen LogP contribution >= 0.6 is 11.8 Å². The van der Waals surface area contributed by atoms with E-state index in [-0.39, 0.29) is 0 Å². The van der Waals surface area contributed by atoms with Crippen LogP contribution in [-0.2, 0) is 0 Å². The van der Waals surface area contributed by atoms with Crippen LogP contribution in [0.5, 0.6) is 0 Å². The first-order valence-corrected chi connectivity index (χ1v) is 7.74. The second kappa shape index (κ2) is 3.96. The average molecular weight is 225 g/mol. The molecule has 0 saturated heterocycles. The van der Waals surface area contributed by atoms with Gasteiger partial charge in [0, 0.05) is 17.5 Å². The molecule has 3 unspecified atom stereocenters. The fraction of sp³-hybridized carbons (Fsp3) is 1.00. The third kappa shape index (κ3) is 1.64. The Morgan fingerprint density at radius 1 is 1.13 bits per heavy atom. The van der Waals surface area contributed by atoms with E-state index in [1.165, 1.54) is 43.1 Å². The monoisotopic (exact) mass is 225 g/mol. The second-order valence-corrected chi connectivity index (χ2v) is 6.78. The molecule has 4 aliphatic rings. The molecule has 0 N–H and O–H groups in total. The van der Waals surface area contributed by atoms with Crippen LogP contribution in [0.2, 0.25) is 0 Å². The standard InChI is InChI=1S/C13H23NS/c1-3-14(4-2)5-6-15-13-9-7-10-11(8-9)12(10)13/h9-13H,3-8H2,1-2H3. The first-order chi connectivity index (χ1) is 7.35. The van der Waals surface area contributed by atoms with Crippen molar-refractivity contribution < 1.29 is 0 Å². The molecule has 4 fully saturated rings. The predicted molar refractivity (Wildman–Crippen MR) is 67.2 cm³/mol. The molecule has 0 aromatic heterocycles. The normalized spacial score (nSPS) is 45.4. The van der Waals surface area contributed by atoms with Gasteiger partial charge in [-0.1, -0.05) is 13.8 Å². The minimum atomic E-state index is 1.08. The van der Waals surface area contributed by atoms with E-state index in [1.54, 1.807) is 12.8 Å². The lowest BCUT2D eigenvalue weighted by Crippen LogP contribution is -2.26. The molecule has 3 atom stereocenters. The Kier molecular flexibility index (Phi) is 2.76. The van der Waals surface area contributed by atoms with Gasteiger partial charge in [0.25, 0.3) is 0 Å². The third-order valence-electron chi connectivity index (χ3n) is 5.00. The highest BCUT2D eigenvalue weighted by atomic mass is 32.2. The van der Waals surface area contributed by atoms with Gasteiger partial charge >= 0.3 is 0 Å². The average Bonchev–Trinajstić information content (AvgIpc) is 2.66. The lowest BCUT2D eigenvalue weighted by molar-refractivity contribution is 0.323. The highest BCUT2D eigenvalue weighted by molar-refractivity contribution is 8.00. The molecule has 0 heterocycles. The maximum absolute atomic E-state index is 2.55. The van der Waals surface area contributed by atoms with E-state index in [0.29, 0.717) is 0 Å². The van der Waals surface area contributed by atoms with E-state index in [1.807, 2.05) is 0 Å². The maximum atomic E-state index is 2.55. The Bertz CT molecular complexity index is 225. The molecule has 1 nitrogen and oxygen atoms in total. The summed E-state index contributed by atoms with van der Waals surface area (Å²) in [5.41, 5.74) is 0. The molecule has 4 bridgehead atoms. The van der Waals surface area contributed by atoms with Crippen LogP contribution in [0.4, 0.5) is 0 Å². The number of thioether (sulfide) groups is 1. The van der Waals surface area contributed by atoms with Crippen molar-refractivity contribution in [2.45, 2.75) is 31.9 Å². The molecule has 0 aliphatic heterocycles. The van der Waals surface area contributed by atoms with Gasteiger partial charge in [0.1, 0.15) is 0 Å².